The summed E-state index contributed by atoms with van der Waals surface area (Å²) in [6, 6.07) is 1.72. The van der Waals surface area contributed by atoms with Crippen LogP contribution in [0.3, 0.4) is 0 Å². The van der Waals surface area contributed by atoms with Crippen LogP contribution in [0.4, 0.5) is 0 Å². The van der Waals surface area contributed by atoms with E-state index in [4.69, 9.17) is 27.3 Å². The van der Waals surface area contributed by atoms with Crippen molar-refractivity contribution in [3.8, 4) is 5.75 Å². The van der Waals surface area contributed by atoms with Gasteiger partial charge in [-0.05, 0) is 12.8 Å². The van der Waals surface area contributed by atoms with Crippen molar-refractivity contribution in [2.45, 2.75) is 19.3 Å². The van der Waals surface area contributed by atoms with Gasteiger partial charge in [-0.15, -0.1) is 0 Å². The Morgan fingerprint density at radius 3 is 2.94 bits per heavy atom. The first kappa shape index (κ1) is 12.0. The third-order valence-corrected chi connectivity index (χ3v) is 3.07. The van der Waals surface area contributed by atoms with E-state index < -0.39 is 0 Å². The lowest BCUT2D eigenvalue weighted by molar-refractivity contribution is 0.235. The Bertz CT molecular complexity index is 432. The molecule has 5 nitrogen and oxygen atoms in total. The van der Waals surface area contributed by atoms with Crippen LogP contribution in [0.5, 0.6) is 5.75 Å². The lowest BCUT2D eigenvalue weighted by Crippen LogP contribution is -2.22. The number of ether oxygens (including phenoxy) is 1. The van der Waals surface area contributed by atoms with Crippen LogP contribution in [0, 0.1) is 5.41 Å². The number of oxime groups is 1. The molecule has 6 heteroatoms. The second-order valence-electron chi connectivity index (χ2n) is 4.40. The first-order chi connectivity index (χ1) is 8.13. The van der Waals surface area contributed by atoms with E-state index in [1.54, 1.807) is 18.5 Å². The highest BCUT2D eigenvalue weighted by atomic mass is 35.5. The number of hydrogen-bond donors (Lipinski definition) is 2. The second kappa shape index (κ2) is 4.79. The summed E-state index contributed by atoms with van der Waals surface area (Å²) in [4.78, 5) is 3.94. The zero-order chi connectivity index (χ0) is 12.3. The molecule has 2 rings (SSSR count). The van der Waals surface area contributed by atoms with Crippen molar-refractivity contribution in [1.82, 2.24) is 4.98 Å². The smallest absolute Gasteiger partial charge is 0.139 e. The van der Waals surface area contributed by atoms with Crippen molar-refractivity contribution >= 4 is 17.4 Å². The minimum Gasteiger partial charge on any atom is -0.491 e. The first-order valence-electron chi connectivity index (χ1n) is 5.33. The van der Waals surface area contributed by atoms with E-state index in [9.17, 15) is 0 Å². The average Bonchev–Trinajstić information content (AvgIpc) is 3.07. The highest BCUT2D eigenvalue weighted by Gasteiger charge is 2.44. The molecule has 0 amide bonds. The SMILES string of the molecule is NC(CC1(COc2cncc(Cl)c2)CC1)=NO. The van der Waals surface area contributed by atoms with Crippen molar-refractivity contribution < 1.29 is 9.94 Å². The van der Waals surface area contributed by atoms with Crippen molar-refractivity contribution in [3.05, 3.63) is 23.5 Å². The highest BCUT2D eigenvalue weighted by molar-refractivity contribution is 6.30. The Labute approximate surface area is 104 Å². The minimum atomic E-state index is 0.0125. The topological polar surface area (TPSA) is 80.7 Å². The minimum absolute atomic E-state index is 0.0125. The van der Waals surface area contributed by atoms with Crippen molar-refractivity contribution in [2.75, 3.05) is 6.61 Å². The van der Waals surface area contributed by atoms with Gasteiger partial charge in [0.15, 0.2) is 0 Å². The molecule has 1 fully saturated rings. The third-order valence-electron chi connectivity index (χ3n) is 2.87. The van der Waals surface area contributed by atoms with Crippen molar-refractivity contribution in [1.29, 1.82) is 0 Å². The maximum atomic E-state index is 8.54. The van der Waals surface area contributed by atoms with Gasteiger partial charge in [0, 0.05) is 24.1 Å². The van der Waals surface area contributed by atoms with E-state index in [-0.39, 0.29) is 11.3 Å². The van der Waals surface area contributed by atoms with E-state index in [1.807, 2.05) is 0 Å². The number of nitrogens with two attached hydrogens (primary N) is 1. The van der Waals surface area contributed by atoms with Crippen LogP contribution in [-0.2, 0) is 0 Å². The van der Waals surface area contributed by atoms with Gasteiger partial charge < -0.3 is 15.7 Å². The molecular weight excluding hydrogens is 242 g/mol. The van der Waals surface area contributed by atoms with E-state index in [0.717, 1.165) is 12.8 Å². The molecule has 92 valence electrons. The van der Waals surface area contributed by atoms with Gasteiger partial charge >= 0.3 is 0 Å². The number of amidine groups is 1. The second-order valence-corrected chi connectivity index (χ2v) is 4.83. The summed E-state index contributed by atoms with van der Waals surface area (Å²) in [6.45, 7) is 0.533. The molecule has 0 saturated heterocycles. The monoisotopic (exact) mass is 255 g/mol. The van der Waals surface area contributed by atoms with E-state index in [1.165, 1.54) is 0 Å². The number of nitrogens with zero attached hydrogens (tertiary/aromatic N) is 2. The van der Waals surface area contributed by atoms with Crippen LogP contribution in [0.2, 0.25) is 5.02 Å². The molecule has 1 aromatic heterocycles. The summed E-state index contributed by atoms with van der Waals surface area (Å²) >= 11 is 5.80. The third kappa shape index (κ3) is 3.23. The average molecular weight is 256 g/mol. The molecule has 0 bridgehead atoms. The zero-order valence-corrected chi connectivity index (χ0v) is 10.0. The fraction of sp³-hybridized carbons (Fsp3) is 0.455. The number of rotatable bonds is 5. The van der Waals surface area contributed by atoms with Crippen LogP contribution >= 0.6 is 11.6 Å². The van der Waals surface area contributed by atoms with Crippen LogP contribution < -0.4 is 10.5 Å². The zero-order valence-electron chi connectivity index (χ0n) is 9.27. The summed E-state index contributed by atoms with van der Waals surface area (Å²) in [5.74, 6) is 0.888. The lowest BCUT2D eigenvalue weighted by atomic mass is 10.0. The van der Waals surface area contributed by atoms with Gasteiger partial charge in [-0.2, -0.15) is 0 Å². The molecule has 17 heavy (non-hydrogen) atoms. The summed E-state index contributed by atoms with van der Waals surface area (Å²) in [7, 11) is 0. The molecule has 0 aliphatic heterocycles. The molecule has 0 unspecified atom stereocenters. The summed E-state index contributed by atoms with van der Waals surface area (Å²) in [5, 5.41) is 12.1. The fourth-order valence-corrected chi connectivity index (χ4v) is 1.84. The highest BCUT2D eigenvalue weighted by Crippen LogP contribution is 2.48. The van der Waals surface area contributed by atoms with Crippen LogP contribution in [0.25, 0.3) is 0 Å². The molecule has 1 heterocycles. The van der Waals surface area contributed by atoms with Gasteiger partial charge in [0.2, 0.25) is 0 Å². The van der Waals surface area contributed by atoms with Gasteiger partial charge in [0.05, 0.1) is 17.8 Å². The summed E-state index contributed by atoms with van der Waals surface area (Å²) < 4.78 is 5.62. The molecule has 0 aromatic carbocycles. The Hall–Kier alpha value is -1.49. The van der Waals surface area contributed by atoms with E-state index >= 15 is 0 Å². The number of aromatic nitrogens is 1. The number of halogens is 1. The Balaban J connectivity index is 1.90. The Morgan fingerprint density at radius 2 is 2.35 bits per heavy atom. The normalized spacial score (nSPS) is 17.8. The van der Waals surface area contributed by atoms with Crippen LogP contribution in [0.1, 0.15) is 19.3 Å². The van der Waals surface area contributed by atoms with Gasteiger partial charge in [0.1, 0.15) is 11.6 Å². The predicted molar refractivity (Wildman–Crippen MR) is 64.4 cm³/mol. The molecule has 0 atom stereocenters. The van der Waals surface area contributed by atoms with Gasteiger partial charge in [-0.3, -0.25) is 4.98 Å². The fourth-order valence-electron chi connectivity index (χ4n) is 1.68. The quantitative estimate of drug-likeness (QED) is 0.365. The van der Waals surface area contributed by atoms with Crippen LogP contribution in [0.15, 0.2) is 23.6 Å². The molecule has 1 aliphatic carbocycles. The van der Waals surface area contributed by atoms with Crippen LogP contribution in [-0.4, -0.2) is 22.6 Å². The molecule has 1 saturated carbocycles. The molecule has 0 spiro atoms. The van der Waals surface area contributed by atoms with Gasteiger partial charge in [0.25, 0.3) is 0 Å². The predicted octanol–water partition coefficient (Wildman–Crippen LogP) is 2.03. The number of pyridine rings is 1. The molecule has 3 N–H and O–H groups in total. The molecule has 1 aromatic rings. The first-order valence-corrected chi connectivity index (χ1v) is 5.71. The Kier molecular flexibility index (Phi) is 3.38. The molecular formula is C11H14ClN3O2. The summed E-state index contributed by atoms with van der Waals surface area (Å²) in [5.41, 5.74) is 5.52. The molecule has 1 aliphatic rings. The molecule has 0 radical (unpaired) electrons. The number of hydrogen-bond acceptors (Lipinski definition) is 4. The maximum absolute atomic E-state index is 8.54. The van der Waals surface area contributed by atoms with Gasteiger partial charge in [-0.1, -0.05) is 16.8 Å². The largest absolute Gasteiger partial charge is 0.491 e. The van der Waals surface area contributed by atoms with Crippen molar-refractivity contribution in [2.24, 2.45) is 16.3 Å². The maximum Gasteiger partial charge on any atom is 0.139 e. The van der Waals surface area contributed by atoms with Crippen molar-refractivity contribution in [3.63, 3.8) is 0 Å². The standard InChI is InChI=1S/C11H14ClN3O2/c12-8-3-9(6-14-5-8)17-7-11(1-2-11)4-10(13)15-16/h3,5-6,16H,1-2,4,7H2,(H2,13,15). The van der Waals surface area contributed by atoms with E-state index in [0.29, 0.717) is 23.8 Å². The van der Waals surface area contributed by atoms with E-state index in [2.05, 4.69) is 10.1 Å². The summed E-state index contributed by atoms with van der Waals surface area (Å²) in [6.07, 6.45) is 5.77. The van der Waals surface area contributed by atoms with Gasteiger partial charge in [-0.25, -0.2) is 0 Å². The lowest BCUT2D eigenvalue weighted by Gasteiger charge is -2.15. The Morgan fingerprint density at radius 1 is 1.59 bits per heavy atom.